The number of benzene rings is 1. The van der Waals surface area contributed by atoms with Crippen LogP contribution in [0.25, 0.3) is 0 Å². The van der Waals surface area contributed by atoms with Gasteiger partial charge in [-0.05, 0) is 13.0 Å². The molecule has 16 heavy (non-hydrogen) atoms. The molecular weight excluding hydrogens is 206 g/mol. The quantitative estimate of drug-likeness (QED) is 0.456. The molecule has 0 aliphatic rings. The van der Waals surface area contributed by atoms with E-state index in [2.05, 4.69) is 5.32 Å². The predicted molar refractivity (Wildman–Crippen MR) is 61.4 cm³/mol. The van der Waals surface area contributed by atoms with E-state index in [1.165, 1.54) is 0 Å². The fourth-order valence-corrected chi connectivity index (χ4v) is 1.29. The number of carbonyl (C=O) groups is 1. The molecule has 0 aromatic heterocycles. The summed E-state index contributed by atoms with van der Waals surface area (Å²) >= 11 is 0. The molecule has 4 heteroatoms. The smallest absolute Gasteiger partial charge is 0.176 e. The first-order valence-corrected chi connectivity index (χ1v) is 5.32. The summed E-state index contributed by atoms with van der Waals surface area (Å²) in [5.74, 6) is 0.0269. The van der Waals surface area contributed by atoms with Crippen molar-refractivity contribution in [1.82, 2.24) is 5.32 Å². The summed E-state index contributed by atoms with van der Waals surface area (Å²) in [5, 5.41) is 20.6. The minimum Gasteiger partial charge on any atom is -0.394 e. The molecule has 3 N–H and O–H groups in total. The summed E-state index contributed by atoms with van der Waals surface area (Å²) in [6, 6.07) is 9.05. The molecule has 0 radical (unpaired) electrons. The number of Topliss-reactive ketones (excluding diaryl/α,β-unsaturated/α-hetero) is 1. The Morgan fingerprint density at radius 1 is 1.31 bits per heavy atom. The second kappa shape index (κ2) is 7.11. The maximum Gasteiger partial charge on any atom is 0.176 e. The van der Waals surface area contributed by atoms with Gasteiger partial charge in [-0.3, -0.25) is 4.79 Å². The zero-order chi connectivity index (χ0) is 11.8. The molecule has 1 aromatic rings. The number of hydrogen-bond acceptors (Lipinski definition) is 4. The number of rotatable bonds is 7. The molecule has 1 unspecified atom stereocenters. The zero-order valence-electron chi connectivity index (χ0n) is 9.10. The van der Waals surface area contributed by atoms with E-state index in [-0.39, 0.29) is 18.9 Å². The first-order chi connectivity index (χ1) is 7.74. The first kappa shape index (κ1) is 12.8. The Hall–Kier alpha value is -1.23. The van der Waals surface area contributed by atoms with Crippen molar-refractivity contribution in [2.24, 2.45) is 0 Å². The fourth-order valence-electron chi connectivity index (χ4n) is 1.29. The van der Waals surface area contributed by atoms with Gasteiger partial charge in [0.15, 0.2) is 5.78 Å². The van der Waals surface area contributed by atoms with Crippen LogP contribution in [-0.4, -0.2) is 41.8 Å². The molecule has 0 saturated carbocycles. The standard InChI is InChI=1S/C12H17NO3/c14-9-11(15)6-7-13-8-12(16)10-4-2-1-3-5-10/h1-5,11,13-15H,6-9H2. The highest BCUT2D eigenvalue weighted by molar-refractivity contribution is 5.97. The molecular formula is C12H17NO3. The van der Waals surface area contributed by atoms with Crippen molar-refractivity contribution in [1.29, 1.82) is 0 Å². The molecule has 0 saturated heterocycles. The molecule has 0 fully saturated rings. The summed E-state index contributed by atoms with van der Waals surface area (Å²) in [4.78, 5) is 11.6. The van der Waals surface area contributed by atoms with Crippen molar-refractivity contribution in [3.63, 3.8) is 0 Å². The molecule has 0 heterocycles. The van der Waals surface area contributed by atoms with Crippen LogP contribution >= 0.6 is 0 Å². The summed E-state index contributed by atoms with van der Waals surface area (Å²) in [5.41, 5.74) is 0.678. The fraction of sp³-hybridized carbons (Fsp3) is 0.417. The second-order valence-corrected chi connectivity index (χ2v) is 3.59. The van der Waals surface area contributed by atoms with Gasteiger partial charge in [0.2, 0.25) is 0 Å². The molecule has 1 atom stereocenters. The van der Waals surface area contributed by atoms with Crippen LogP contribution in [-0.2, 0) is 0 Å². The topological polar surface area (TPSA) is 69.6 Å². The minimum absolute atomic E-state index is 0.0269. The SMILES string of the molecule is O=C(CNCCC(O)CO)c1ccccc1. The number of aliphatic hydroxyl groups is 2. The summed E-state index contributed by atoms with van der Waals surface area (Å²) < 4.78 is 0. The van der Waals surface area contributed by atoms with E-state index in [9.17, 15) is 4.79 Å². The van der Waals surface area contributed by atoms with E-state index < -0.39 is 6.10 Å². The Labute approximate surface area is 94.9 Å². The van der Waals surface area contributed by atoms with Crippen molar-refractivity contribution in [3.05, 3.63) is 35.9 Å². The van der Waals surface area contributed by atoms with Gasteiger partial charge in [0.25, 0.3) is 0 Å². The van der Waals surface area contributed by atoms with E-state index >= 15 is 0 Å². The van der Waals surface area contributed by atoms with Crippen LogP contribution in [0.5, 0.6) is 0 Å². The highest BCUT2D eigenvalue weighted by Crippen LogP contribution is 1.98. The maximum absolute atomic E-state index is 11.6. The van der Waals surface area contributed by atoms with Crippen LogP contribution in [0.15, 0.2) is 30.3 Å². The van der Waals surface area contributed by atoms with E-state index in [0.29, 0.717) is 18.5 Å². The third-order valence-electron chi connectivity index (χ3n) is 2.25. The zero-order valence-corrected chi connectivity index (χ0v) is 9.10. The van der Waals surface area contributed by atoms with Gasteiger partial charge in [0.1, 0.15) is 0 Å². The van der Waals surface area contributed by atoms with Gasteiger partial charge in [0, 0.05) is 5.56 Å². The van der Waals surface area contributed by atoms with Crippen molar-refractivity contribution in [3.8, 4) is 0 Å². The number of aliphatic hydroxyl groups excluding tert-OH is 2. The summed E-state index contributed by atoms with van der Waals surface area (Å²) in [6.07, 6.45) is -0.266. The Morgan fingerprint density at radius 2 is 2.00 bits per heavy atom. The molecule has 1 aromatic carbocycles. The normalized spacial score (nSPS) is 12.4. The first-order valence-electron chi connectivity index (χ1n) is 5.32. The highest BCUT2D eigenvalue weighted by atomic mass is 16.3. The minimum atomic E-state index is -0.709. The van der Waals surface area contributed by atoms with Gasteiger partial charge in [-0.25, -0.2) is 0 Å². The van der Waals surface area contributed by atoms with Crippen molar-refractivity contribution in [2.75, 3.05) is 19.7 Å². The second-order valence-electron chi connectivity index (χ2n) is 3.59. The van der Waals surface area contributed by atoms with Crippen LogP contribution < -0.4 is 5.32 Å². The van der Waals surface area contributed by atoms with E-state index in [1.54, 1.807) is 12.1 Å². The van der Waals surface area contributed by atoms with Crippen molar-refractivity contribution < 1.29 is 15.0 Å². The Morgan fingerprint density at radius 3 is 2.62 bits per heavy atom. The van der Waals surface area contributed by atoms with Crippen LogP contribution in [0, 0.1) is 0 Å². The number of hydrogen-bond donors (Lipinski definition) is 3. The number of ketones is 1. The van der Waals surface area contributed by atoms with Gasteiger partial charge in [-0.2, -0.15) is 0 Å². The van der Waals surface area contributed by atoms with Crippen LogP contribution in [0.2, 0.25) is 0 Å². The van der Waals surface area contributed by atoms with Gasteiger partial charge < -0.3 is 15.5 Å². The predicted octanol–water partition coefficient (Wildman–Crippen LogP) is 0.202. The summed E-state index contributed by atoms with van der Waals surface area (Å²) in [7, 11) is 0. The molecule has 0 aliphatic carbocycles. The molecule has 1 rings (SSSR count). The largest absolute Gasteiger partial charge is 0.394 e. The van der Waals surface area contributed by atoms with Crippen LogP contribution in [0.1, 0.15) is 16.8 Å². The number of carbonyl (C=O) groups excluding carboxylic acids is 1. The van der Waals surface area contributed by atoms with Crippen molar-refractivity contribution in [2.45, 2.75) is 12.5 Å². The third kappa shape index (κ3) is 4.53. The lowest BCUT2D eigenvalue weighted by Gasteiger charge is -2.07. The van der Waals surface area contributed by atoms with Gasteiger partial charge in [-0.1, -0.05) is 30.3 Å². The monoisotopic (exact) mass is 223 g/mol. The average molecular weight is 223 g/mol. The molecule has 88 valence electrons. The average Bonchev–Trinajstić information content (AvgIpc) is 2.35. The van der Waals surface area contributed by atoms with Gasteiger partial charge in [0.05, 0.1) is 19.3 Å². The van der Waals surface area contributed by atoms with E-state index in [4.69, 9.17) is 10.2 Å². The third-order valence-corrected chi connectivity index (χ3v) is 2.25. The van der Waals surface area contributed by atoms with E-state index in [1.807, 2.05) is 18.2 Å². The Bertz CT molecular complexity index is 313. The van der Waals surface area contributed by atoms with Gasteiger partial charge >= 0.3 is 0 Å². The molecule has 0 aliphatic heterocycles. The van der Waals surface area contributed by atoms with E-state index in [0.717, 1.165) is 0 Å². The van der Waals surface area contributed by atoms with Crippen LogP contribution in [0.3, 0.4) is 0 Å². The van der Waals surface area contributed by atoms with Crippen LogP contribution in [0.4, 0.5) is 0 Å². The Balaban J connectivity index is 2.21. The molecule has 4 nitrogen and oxygen atoms in total. The number of nitrogens with one attached hydrogen (secondary N) is 1. The lowest BCUT2D eigenvalue weighted by Crippen LogP contribution is -2.27. The molecule has 0 amide bonds. The maximum atomic E-state index is 11.6. The lowest BCUT2D eigenvalue weighted by molar-refractivity contribution is 0.0871. The van der Waals surface area contributed by atoms with Crippen molar-refractivity contribution >= 4 is 5.78 Å². The van der Waals surface area contributed by atoms with Gasteiger partial charge in [-0.15, -0.1) is 0 Å². The lowest BCUT2D eigenvalue weighted by atomic mass is 10.1. The summed E-state index contributed by atoms with van der Waals surface area (Å²) in [6.45, 7) is 0.525. The highest BCUT2D eigenvalue weighted by Gasteiger charge is 2.05. The molecule has 0 spiro atoms. The molecule has 0 bridgehead atoms. The Kier molecular flexibility index (Phi) is 5.71.